The minimum Gasteiger partial charge on any atom is -0.394 e. The summed E-state index contributed by atoms with van der Waals surface area (Å²) in [6, 6.07) is 0. The van der Waals surface area contributed by atoms with E-state index in [4.69, 9.17) is 19.4 Å². The fourth-order valence-corrected chi connectivity index (χ4v) is 1.94. The number of unbranched alkanes of at least 4 members (excludes halogenated alkanes) is 6. The lowest BCUT2D eigenvalue weighted by atomic mass is 10.1. The van der Waals surface area contributed by atoms with E-state index in [0.717, 1.165) is 12.1 Å². The molecule has 0 unspecified atom stereocenters. The van der Waals surface area contributed by atoms with Gasteiger partial charge in [-0.15, -0.1) is 0 Å². The number of aliphatic hydroxyl groups excluding tert-OH is 1. The molecule has 5 heteroatoms. The molecule has 0 atom stereocenters. The summed E-state index contributed by atoms with van der Waals surface area (Å²) < 4.78 is 10.4. The van der Waals surface area contributed by atoms with Crippen LogP contribution in [0, 0.1) is 0 Å². The first-order chi connectivity index (χ1) is 10.8. The Morgan fingerprint density at radius 2 is 1.55 bits per heavy atom. The third-order valence-corrected chi connectivity index (χ3v) is 3.18. The molecule has 0 aliphatic carbocycles. The number of hydrogen-bond acceptors (Lipinski definition) is 5. The van der Waals surface area contributed by atoms with Crippen LogP contribution in [-0.2, 0) is 14.3 Å². The van der Waals surface area contributed by atoms with Crippen molar-refractivity contribution in [1.82, 2.24) is 5.48 Å². The summed E-state index contributed by atoms with van der Waals surface area (Å²) in [7, 11) is 0. The SMILES string of the molecule is CCCCCCCCC=C(C)NOCCOCCOCCO. The van der Waals surface area contributed by atoms with E-state index in [-0.39, 0.29) is 6.61 Å². The van der Waals surface area contributed by atoms with Crippen molar-refractivity contribution in [2.75, 3.05) is 39.6 Å². The summed E-state index contributed by atoms with van der Waals surface area (Å²) in [6.07, 6.45) is 11.2. The average Bonchev–Trinajstić information content (AvgIpc) is 2.52. The molecule has 0 radical (unpaired) electrons. The molecule has 0 aliphatic rings. The topological polar surface area (TPSA) is 60.0 Å². The van der Waals surface area contributed by atoms with Crippen molar-refractivity contribution in [2.45, 2.75) is 58.8 Å². The highest BCUT2D eigenvalue weighted by Gasteiger charge is 1.93. The maximum absolute atomic E-state index is 8.52. The van der Waals surface area contributed by atoms with Crippen molar-refractivity contribution in [2.24, 2.45) is 0 Å². The summed E-state index contributed by atoms with van der Waals surface area (Å²) in [5.41, 5.74) is 3.98. The number of rotatable bonds is 17. The largest absolute Gasteiger partial charge is 0.394 e. The van der Waals surface area contributed by atoms with Crippen LogP contribution in [0.25, 0.3) is 0 Å². The number of hydroxylamine groups is 1. The Labute approximate surface area is 136 Å². The number of hydrogen-bond donors (Lipinski definition) is 2. The molecule has 0 rings (SSSR count). The molecular weight excluding hydrogens is 282 g/mol. The van der Waals surface area contributed by atoms with Crippen LogP contribution in [-0.4, -0.2) is 44.7 Å². The number of allylic oxidation sites excluding steroid dienone is 2. The molecule has 0 spiro atoms. The maximum Gasteiger partial charge on any atom is 0.0979 e. The van der Waals surface area contributed by atoms with Gasteiger partial charge in [0.25, 0.3) is 0 Å². The monoisotopic (exact) mass is 317 g/mol. The third-order valence-electron chi connectivity index (χ3n) is 3.18. The zero-order valence-corrected chi connectivity index (χ0v) is 14.4. The van der Waals surface area contributed by atoms with E-state index in [1.165, 1.54) is 38.5 Å². The Hall–Kier alpha value is -0.620. The quantitative estimate of drug-likeness (QED) is 0.319. The minimum absolute atomic E-state index is 0.0530. The summed E-state index contributed by atoms with van der Waals surface area (Å²) in [4.78, 5) is 5.31. The summed E-state index contributed by atoms with van der Waals surface area (Å²) >= 11 is 0. The van der Waals surface area contributed by atoms with E-state index in [1.807, 2.05) is 6.92 Å². The third kappa shape index (κ3) is 17.4. The van der Waals surface area contributed by atoms with Gasteiger partial charge in [0, 0.05) is 5.70 Å². The number of nitrogens with one attached hydrogen (secondary N) is 1. The van der Waals surface area contributed by atoms with Crippen molar-refractivity contribution >= 4 is 0 Å². The Morgan fingerprint density at radius 1 is 0.909 bits per heavy atom. The number of ether oxygens (including phenoxy) is 2. The molecule has 132 valence electrons. The zero-order chi connectivity index (χ0) is 16.3. The van der Waals surface area contributed by atoms with E-state index < -0.39 is 0 Å². The predicted molar refractivity (Wildman–Crippen MR) is 89.6 cm³/mol. The highest BCUT2D eigenvalue weighted by atomic mass is 16.7. The van der Waals surface area contributed by atoms with Gasteiger partial charge in [0.2, 0.25) is 0 Å². The second-order valence-corrected chi connectivity index (χ2v) is 5.34. The van der Waals surface area contributed by atoms with Gasteiger partial charge in [0.05, 0.1) is 39.6 Å². The standard InChI is InChI=1S/C17H35NO4/c1-3-4-5-6-7-8-9-10-17(2)18-22-16-15-21-14-13-20-12-11-19/h10,18-19H,3-9,11-16H2,1-2H3. The van der Waals surface area contributed by atoms with Gasteiger partial charge in [-0.2, -0.15) is 0 Å². The molecule has 2 N–H and O–H groups in total. The normalized spacial score (nSPS) is 11.9. The Bertz CT molecular complexity index is 247. The van der Waals surface area contributed by atoms with Crippen LogP contribution in [0.4, 0.5) is 0 Å². The summed E-state index contributed by atoms with van der Waals surface area (Å²) in [5.74, 6) is 0. The molecule has 0 heterocycles. The predicted octanol–water partition coefficient (Wildman–Crippen LogP) is 3.19. The van der Waals surface area contributed by atoms with Gasteiger partial charge in [-0.25, -0.2) is 0 Å². The second-order valence-electron chi connectivity index (χ2n) is 5.34. The van der Waals surface area contributed by atoms with Gasteiger partial charge in [-0.05, 0) is 19.8 Å². The first-order valence-corrected chi connectivity index (χ1v) is 8.62. The number of aliphatic hydroxyl groups is 1. The Kier molecular flexibility index (Phi) is 17.9. The van der Waals surface area contributed by atoms with E-state index >= 15 is 0 Å². The van der Waals surface area contributed by atoms with E-state index in [9.17, 15) is 0 Å². The van der Waals surface area contributed by atoms with Crippen molar-refractivity contribution in [3.63, 3.8) is 0 Å². The molecule has 0 aromatic heterocycles. The molecule has 0 aromatic rings. The van der Waals surface area contributed by atoms with Crippen molar-refractivity contribution in [3.8, 4) is 0 Å². The molecule has 0 bridgehead atoms. The lowest BCUT2D eigenvalue weighted by Crippen LogP contribution is -2.17. The molecule has 0 amide bonds. The molecule has 0 saturated heterocycles. The lowest BCUT2D eigenvalue weighted by Gasteiger charge is -2.08. The molecule has 0 aromatic carbocycles. The van der Waals surface area contributed by atoms with E-state index in [0.29, 0.717) is 33.0 Å². The van der Waals surface area contributed by atoms with Crippen LogP contribution in [0.1, 0.15) is 58.8 Å². The van der Waals surface area contributed by atoms with Gasteiger partial charge in [-0.3, -0.25) is 10.3 Å². The Balaban J connectivity index is 3.23. The molecular formula is C17H35NO4. The van der Waals surface area contributed by atoms with Crippen molar-refractivity contribution < 1.29 is 19.4 Å². The van der Waals surface area contributed by atoms with Gasteiger partial charge in [0.15, 0.2) is 0 Å². The molecule has 5 nitrogen and oxygen atoms in total. The lowest BCUT2D eigenvalue weighted by molar-refractivity contribution is -0.0124. The zero-order valence-electron chi connectivity index (χ0n) is 14.4. The van der Waals surface area contributed by atoms with Crippen LogP contribution in [0.2, 0.25) is 0 Å². The molecule has 0 fully saturated rings. The first kappa shape index (κ1) is 21.4. The maximum atomic E-state index is 8.52. The second kappa shape index (κ2) is 18.4. The van der Waals surface area contributed by atoms with Gasteiger partial charge in [-0.1, -0.05) is 45.1 Å². The van der Waals surface area contributed by atoms with Crippen LogP contribution in [0.3, 0.4) is 0 Å². The van der Waals surface area contributed by atoms with Crippen LogP contribution in [0.5, 0.6) is 0 Å². The van der Waals surface area contributed by atoms with Crippen molar-refractivity contribution in [1.29, 1.82) is 0 Å². The fraction of sp³-hybridized carbons (Fsp3) is 0.882. The van der Waals surface area contributed by atoms with Crippen LogP contribution >= 0.6 is 0 Å². The highest BCUT2D eigenvalue weighted by molar-refractivity contribution is 4.92. The summed E-state index contributed by atoms with van der Waals surface area (Å²) in [5, 5.41) is 8.52. The molecule has 0 saturated carbocycles. The average molecular weight is 317 g/mol. The van der Waals surface area contributed by atoms with Gasteiger partial charge in [0.1, 0.15) is 0 Å². The van der Waals surface area contributed by atoms with Crippen LogP contribution < -0.4 is 5.48 Å². The fourth-order valence-electron chi connectivity index (χ4n) is 1.94. The highest BCUT2D eigenvalue weighted by Crippen LogP contribution is 2.07. The molecule has 0 aliphatic heterocycles. The first-order valence-electron chi connectivity index (χ1n) is 8.62. The van der Waals surface area contributed by atoms with E-state index in [1.54, 1.807) is 0 Å². The molecule has 22 heavy (non-hydrogen) atoms. The van der Waals surface area contributed by atoms with Crippen LogP contribution in [0.15, 0.2) is 11.8 Å². The minimum atomic E-state index is 0.0530. The smallest absolute Gasteiger partial charge is 0.0979 e. The Morgan fingerprint density at radius 3 is 2.27 bits per heavy atom. The van der Waals surface area contributed by atoms with E-state index in [2.05, 4.69) is 18.5 Å². The van der Waals surface area contributed by atoms with Gasteiger partial charge >= 0.3 is 0 Å². The van der Waals surface area contributed by atoms with Crippen molar-refractivity contribution in [3.05, 3.63) is 11.8 Å². The van der Waals surface area contributed by atoms with Gasteiger partial charge < -0.3 is 14.6 Å². The summed E-state index contributed by atoms with van der Waals surface area (Å²) in [6.45, 7) is 6.74.